The molecular weight excluding hydrogens is 284 g/mol. The number of carbonyl (C=O) groups is 1. The van der Waals surface area contributed by atoms with Crippen molar-refractivity contribution in [1.82, 2.24) is 0 Å². The van der Waals surface area contributed by atoms with Gasteiger partial charge in [0.1, 0.15) is 0 Å². The fraction of sp³-hybridized carbons (Fsp3) is 0.200. The van der Waals surface area contributed by atoms with E-state index in [2.05, 4.69) is 4.74 Å². The van der Waals surface area contributed by atoms with Crippen molar-refractivity contribution in [3.05, 3.63) is 35.4 Å². The van der Waals surface area contributed by atoms with E-state index in [-0.39, 0.29) is 5.56 Å². The molecule has 0 spiro atoms. The van der Waals surface area contributed by atoms with Crippen LogP contribution in [0.4, 0.5) is 8.78 Å². The Labute approximate surface area is 98.8 Å². The Morgan fingerprint density at radius 3 is 2.44 bits per heavy atom. The second-order valence-electron chi connectivity index (χ2n) is 2.88. The van der Waals surface area contributed by atoms with Crippen LogP contribution in [0.3, 0.4) is 0 Å². The summed E-state index contributed by atoms with van der Waals surface area (Å²) in [7, 11) is 0. The van der Waals surface area contributed by atoms with Gasteiger partial charge >= 0.3 is 10.8 Å². The normalized spacial score (nSPS) is 10.6. The molecule has 16 heavy (non-hydrogen) atoms. The number of esters is 1. The number of alkyl halides is 3. The van der Waals surface area contributed by atoms with Crippen LogP contribution >= 0.6 is 15.9 Å². The van der Waals surface area contributed by atoms with Gasteiger partial charge in [-0.05, 0) is 40.2 Å². The second-order valence-corrected chi connectivity index (χ2v) is 4.04. The maximum Gasteiger partial charge on any atom is 0.338 e. The Balaban J connectivity index is 2.64. The fourth-order valence-electron chi connectivity index (χ4n) is 0.912. The third-order valence-electron chi connectivity index (χ3n) is 1.62. The molecule has 0 unspecified atom stereocenters. The van der Waals surface area contributed by atoms with Crippen molar-refractivity contribution in [3.63, 3.8) is 0 Å². The predicted molar refractivity (Wildman–Crippen MR) is 55.3 cm³/mol. The monoisotopic (exact) mass is 289 g/mol. The Morgan fingerprint density at radius 1 is 1.44 bits per heavy atom. The highest BCUT2D eigenvalue weighted by Crippen LogP contribution is 2.22. The van der Waals surface area contributed by atoms with Crippen molar-refractivity contribution in [1.29, 1.82) is 5.26 Å². The first-order valence-electron chi connectivity index (χ1n) is 4.16. The van der Waals surface area contributed by atoms with Gasteiger partial charge in [-0.25, -0.2) is 4.79 Å². The highest BCUT2D eigenvalue weighted by atomic mass is 79.9. The standard InChI is InChI=1S/C10H6BrF2NO2/c11-10(12,13)6-16-9(15)8-3-1-7(5-14)2-4-8/h1-4H,6H2. The van der Waals surface area contributed by atoms with Crippen LogP contribution in [0.15, 0.2) is 24.3 Å². The molecule has 0 aliphatic rings. The molecule has 0 aliphatic heterocycles. The van der Waals surface area contributed by atoms with Crippen LogP contribution < -0.4 is 0 Å². The largest absolute Gasteiger partial charge is 0.455 e. The summed E-state index contributed by atoms with van der Waals surface area (Å²) in [4.78, 5) is 8.00. The minimum Gasteiger partial charge on any atom is -0.455 e. The molecule has 6 heteroatoms. The number of benzene rings is 1. The van der Waals surface area contributed by atoms with Gasteiger partial charge in [0, 0.05) is 0 Å². The summed E-state index contributed by atoms with van der Waals surface area (Å²) >= 11 is 2.05. The third-order valence-corrected chi connectivity index (χ3v) is 1.85. The maximum absolute atomic E-state index is 12.3. The minimum absolute atomic E-state index is 0.121. The van der Waals surface area contributed by atoms with Gasteiger partial charge in [0.05, 0.1) is 17.2 Å². The number of nitrogens with zero attached hydrogens (tertiary/aromatic N) is 1. The third kappa shape index (κ3) is 3.95. The van der Waals surface area contributed by atoms with Crippen molar-refractivity contribution >= 4 is 21.9 Å². The molecule has 0 aliphatic carbocycles. The van der Waals surface area contributed by atoms with Gasteiger partial charge in [0.15, 0.2) is 6.61 Å². The summed E-state index contributed by atoms with van der Waals surface area (Å²) < 4.78 is 29.0. The van der Waals surface area contributed by atoms with Crippen molar-refractivity contribution in [2.45, 2.75) is 4.83 Å². The minimum atomic E-state index is -3.23. The average Bonchev–Trinajstić information content (AvgIpc) is 2.25. The topological polar surface area (TPSA) is 50.1 Å². The first kappa shape index (κ1) is 12.6. The van der Waals surface area contributed by atoms with Gasteiger partial charge < -0.3 is 4.74 Å². The van der Waals surface area contributed by atoms with Gasteiger partial charge in [-0.2, -0.15) is 14.0 Å². The SMILES string of the molecule is N#Cc1ccc(C(=O)OCC(F)(F)Br)cc1. The molecule has 1 aromatic carbocycles. The van der Waals surface area contributed by atoms with Gasteiger partial charge in [0.2, 0.25) is 0 Å². The van der Waals surface area contributed by atoms with Gasteiger partial charge in [0.25, 0.3) is 0 Å². The summed E-state index contributed by atoms with van der Waals surface area (Å²) in [6.07, 6.45) is 0. The molecule has 0 atom stereocenters. The fourth-order valence-corrected chi connectivity index (χ4v) is 1.03. The van der Waals surface area contributed by atoms with Crippen LogP contribution in [0.25, 0.3) is 0 Å². The van der Waals surface area contributed by atoms with Gasteiger partial charge in [-0.15, -0.1) is 0 Å². The highest BCUT2D eigenvalue weighted by molar-refractivity contribution is 9.10. The summed E-state index contributed by atoms with van der Waals surface area (Å²) in [5.74, 6) is -0.858. The Hall–Kier alpha value is -1.48. The molecule has 0 saturated heterocycles. The average molecular weight is 290 g/mol. The molecule has 0 heterocycles. The zero-order valence-corrected chi connectivity index (χ0v) is 9.50. The number of halogens is 3. The lowest BCUT2D eigenvalue weighted by molar-refractivity contribution is 0.00364. The Morgan fingerprint density at radius 2 is 2.00 bits per heavy atom. The number of hydrogen-bond donors (Lipinski definition) is 0. The van der Waals surface area contributed by atoms with E-state index in [0.717, 1.165) is 0 Å². The molecule has 0 radical (unpaired) electrons. The molecule has 0 aromatic heterocycles. The molecule has 0 fully saturated rings. The number of hydrogen-bond acceptors (Lipinski definition) is 3. The van der Waals surface area contributed by atoms with E-state index in [1.54, 1.807) is 0 Å². The number of carbonyl (C=O) groups excluding carboxylic acids is 1. The van der Waals surface area contributed by atoms with Crippen LogP contribution in [0.2, 0.25) is 0 Å². The molecule has 1 rings (SSSR count). The van der Waals surface area contributed by atoms with E-state index < -0.39 is 17.4 Å². The lowest BCUT2D eigenvalue weighted by atomic mass is 10.1. The molecular formula is C10H6BrF2NO2. The molecule has 0 bridgehead atoms. The lowest BCUT2D eigenvalue weighted by Gasteiger charge is -2.08. The molecule has 0 amide bonds. The quantitative estimate of drug-likeness (QED) is 0.635. The molecule has 3 nitrogen and oxygen atoms in total. The van der Waals surface area contributed by atoms with Crippen LogP contribution in [-0.2, 0) is 4.74 Å². The van der Waals surface area contributed by atoms with E-state index >= 15 is 0 Å². The first-order valence-corrected chi connectivity index (χ1v) is 4.96. The molecule has 1 aromatic rings. The van der Waals surface area contributed by atoms with Crippen molar-refractivity contribution in [2.24, 2.45) is 0 Å². The van der Waals surface area contributed by atoms with Gasteiger partial charge in [-0.3, -0.25) is 0 Å². The van der Waals surface area contributed by atoms with Crippen LogP contribution in [0.1, 0.15) is 15.9 Å². The summed E-state index contributed by atoms with van der Waals surface area (Å²) in [6.45, 7) is -1.04. The summed E-state index contributed by atoms with van der Waals surface area (Å²) in [5.41, 5.74) is 0.498. The second kappa shape index (κ2) is 5.03. The van der Waals surface area contributed by atoms with E-state index in [4.69, 9.17) is 5.26 Å². The first-order chi connectivity index (χ1) is 7.42. The molecule has 0 saturated carbocycles. The summed E-state index contributed by atoms with van der Waals surface area (Å²) in [6, 6.07) is 7.36. The van der Waals surface area contributed by atoms with Crippen molar-refractivity contribution in [3.8, 4) is 6.07 Å². The zero-order chi connectivity index (χ0) is 12.2. The van der Waals surface area contributed by atoms with Gasteiger partial charge in [-0.1, -0.05) is 0 Å². The zero-order valence-electron chi connectivity index (χ0n) is 7.91. The van der Waals surface area contributed by atoms with E-state index in [1.165, 1.54) is 24.3 Å². The smallest absolute Gasteiger partial charge is 0.338 e. The van der Waals surface area contributed by atoms with Crippen LogP contribution in [-0.4, -0.2) is 17.4 Å². The maximum atomic E-state index is 12.3. The Bertz CT molecular complexity index is 420. The van der Waals surface area contributed by atoms with E-state index in [1.807, 2.05) is 22.0 Å². The van der Waals surface area contributed by atoms with Crippen molar-refractivity contribution < 1.29 is 18.3 Å². The van der Waals surface area contributed by atoms with Crippen LogP contribution in [0.5, 0.6) is 0 Å². The molecule has 84 valence electrons. The lowest BCUT2D eigenvalue weighted by Crippen LogP contribution is -2.18. The number of rotatable bonds is 3. The predicted octanol–water partition coefficient (Wildman–Crippen LogP) is 2.70. The molecule has 0 N–H and O–H groups in total. The van der Waals surface area contributed by atoms with E-state index in [0.29, 0.717) is 5.56 Å². The summed E-state index contributed by atoms with van der Waals surface area (Å²) in [5, 5.41) is 8.51. The van der Waals surface area contributed by atoms with Crippen molar-refractivity contribution in [2.75, 3.05) is 6.61 Å². The highest BCUT2D eigenvalue weighted by Gasteiger charge is 2.26. The number of nitriles is 1. The van der Waals surface area contributed by atoms with E-state index in [9.17, 15) is 13.6 Å². The number of ether oxygens (including phenoxy) is 1. The van der Waals surface area contributed by atoms with Crippen LogP contribution in [0, 0.1) is 11.3 Å². The Kier molecular flexibility index (Phi) is 3.96.